The second-order valence-electron chi connectivity index (χ2n) is 4.57. The number of carbonyl (C=O) groups excluding carboxylic acids is 1. The van der Waals surface area contributed by atoms with Gasteiger partial charge in [-0.1, -0.05) is 17.4 Å². The van der Waals surface area contributed by atoms with Crippen molar-refractivity contribution in [3.63, 3.8) is 0 Å². The summed E-state index contributed by atoms with van der Waals surface area (Å²) >= 11 is 2.92. The summed E-state index contributed by atoms with van der Waals surface area (Å²) in [6, 6.07) is 7.35. The highest BCUT2D eigenvalue weighted by Gasteiger charge is 2.15. The molecular weight excluding hydrogens is 306 g/mol. The van der Waals surface area contributed by atoms with E-state index in [0.29, 0.717) is 4.88 Å². The van der Waals surface area contributed by atoms with Crippen molar-refractivity contribution in [2.75, 3.05) is 19.0 Å². The number of aromatic nitrogens is 2. The Balaban J connectivity index is 1.71. The van der Waals surface area contributed by atoms with Gasteiger partial charge in [0.2, 0.25) is 0 Å². The van der Waals surface area contributed by atoms with Crippen LogP contribution in [0.4, 0.5) is 5.13 Å². The highest BCUT2D eigenvalue weighted by atomic mass is 32.1. The predicted octanol–water partition coefficient (Wildman–Crippen LogP) is 3.18. The van der Waals surface area contributed by atoms with Crippen molar-refractivity contribution in [3.05, 3.63) is 41.0 Å². The molecule has 0 saturated carbocycles. The minimum absolute atomic E-state index is 0.182. The van der Waals surface area contributed by atoms with Crippen LogP contribution in [0.5, 0.6) is 0 Å². The second-order valence-corrected chi connectivity index (χ2v) is 6.61. The largest absolute Gasteiger partial charge is 0.455 e. The van der Waals surface area contributed by atoms with Crippen molar-refractivity contribution >= 4 is 43.3 Å². The standard InChI is InChI=1S/C14H13N3O2S2/c1-17(2)14-16-12-10(21-14)7-11(20-12)13(18)19-8-9-5-3-4-6-15-9/h3-7H,8H2,1-2H3. The fourth-order valence-corrected chi connectivity index (χ4v) is 3.74. The number of hydrogen-bond acceptors (Lipinski definition) is 7. The minimum Gasteiger partial charge on any atom is -0.455 e. The highest BCUT2D eigenvalue weighted by molar-refractivity contribution is 7.29. The number of pyridine rings is 1. The SMILES string of the molecule is CN(C)c1nc2sc(C(=O)OCc3ccccn3)cc2s1. The van der Waals surface area contributed by atoms with E-state index in [1.165, 1.54) is 11.3 Å². The molecule has 7 heteroatoms. The van der Waals surface area contributed by atoms with Crippen LogP contribution >= 0.6 is 22.7 Å². The van der Waals surface area contributed by atoms with Crippen molar-refractivity contribution in [1.82, 2.24) is 9.97 Å². The fraction of sp³-hybridized carbons (Fsp3) is 0.214. The lowest BCUT2D eigenvalue weighted by atomic mass is 10.4. The average Bonchev–Trinajstić information content (AvgIpc) is 3.04. The number of fused-ring (bicyclic) bond motifs is 1. The van der Waals surface area contributed by atoms with E-state index in [1.807, 2.05) is 43.3 Å². The summed E-state index contributed by atoms with van der Waals surface area (Å²) in [5.74, 6) is -0.331. The van der Waals surface area contributed by atoms with Crippen LogP contribution in [0.3, 0.4) is 0 Å². The van der Waals surface area contributed by atoms with E-state index in [9.17, 15) is 4.79 Å². The summed E-state index contributed by atoms with van der Waals surface area (Å²) < 4.78 is 6.27. The van der Waals surface area contributed by atoms with Gasteiger partial charge in [0.15, 0.2) is 5.13 Å². The molecule has 0 atom stereocenters. The molecule has 0 bridgehead atoms. The van der Waals surface area contributed by atoms with Crippen LogP contribution < -0.4 is 4.90 Å². The fourth-order valence-electron chi connectivity index (χ4n) is 1.71. The molecule has 3 rings (SSSR count). The van der Waals surface area contributed by atoms with Crippen LogP contribution in [0.2, 0.25) is 0 Å². The van der Waals surface area contributed by atoms with Crippen molar-refractivity contribution in [2.45, 2.75) is 6.61 Å². The minimum atomic E-state index is -0.331. The lowest BCUT2D eigenvalue weighted by Gasteiger charge is -2.05. The zero-order chi connectivity index (χ0) is 14.8. The zero-order valence-corrected chi connectivity index (χ0v) is 13.2. The summed E-state index contributed by atoms with van der Waals surface area (Å²) in [4.78, 5) is 24.0. The first kappa shape index (κ1) is 14.0. The van der Waals surface area contributed by atoms with Gasteiger partial charge in [0, 0.05) is 20.3 Å². The molecule has 0 amide bonds. The van der Waals surface area contributed by atoms with Crippen LogP contribution in [0, 0.1) is 0 Å². The number of thiazole rings is 1. The Hall–Kier alpha value is -1.99. The number of carbonyl (C=O) groups is 1. The Morgan fingerprint density at radius 3 is 2.86 bits per heavy atom. The molecule has 0 spiro atoms. The third kappa shape index (κ3) is 3.03. The molecule has 0 aliphatic heterocycles. The van der Waals surface area contributed by atoms with Crippen LogP contribution in [0.1, 0.15) is 15.4 Å². The van der Waals surface area contributed by atoms with E-state index >= 15 is 0 Å². The Labute approximate surface area is 129 Å². The molecule has 0 fully saturated rings. The van der Waals surface area contributed by atoms with Crippen molar-refractivity contribution < 1.29 is 9.53 Å². The molecule has 3 aromatic heterocycles. The Bertz CT molecular complexity index is 733. The predicted molar refractivity (Wildman–Crippen MR) is 85.2 cm³/mol. The van der Waals surface area contributed by atoms with Crippen LogP contribution in [0.25, 0.3) is 9.53 Å². The molecule has 21 heavy (non-hydrogen) atoms. The first-order valence-corrected chi connectivity index (χ1v) is 7.91. The summed E-state index contributed by atoms with van der Waals surface area (Å²) in [5.41, 5.74) is 0.734. The Kier molecular flexibility index (Phi) is 3.85. The van der Waals surface area contributed by atoms with E-state index in [1.54, 1.807) is 17.5 Å². The van der Waals surface area contributed by atoms with E-state index in [0.717, 1.165) is 20.4 Å². The molecule has 3 heterocycles. The third-order valence-electron chi connectivity index (χ3n) is 2.74. The number of rotatable bonds is 4. The topological polar surface area (TPSA) is 55.3 Å². The maximum atomic E-state index is 12.0. The Morgan fingerprint density at radius 2 is 2.19 bits per heavy atom. The lowest BCUT2D eigenvalue weighted by molar-refractivity contribution is 0.0473. The molecule has 0 aliphatic carbocycles. The van der Waals surface area contributed by atoms with E-state index in [2.05, 4.69) is 9.97 Å². The molecule has 5 nitrogen and oxygen atoms in total. The van der Waals surface area contributed by atoms with Gasteiger partial charge >= 0.3 is 5.97 Å². The van der Waals surface area contributed by atoms with Crippen molar-refractivity contribution in [3.8, 4) is 0 Å². The molecule has 0 unspecified atom stereocenters. The molecule has 0 aromatic carbocycles. The van der Waals surface area contributed by atoms with Crippen LogP contribution in [0.15, 0.2) is 30.5 Å². The molecule has 0 saturated heterocycles. The van der Waals surface area contributed by atoms with E-state index in [4.69, 9.17) is 4.74 Å². The van der Waals surface area contributed by atoms with E-state index in [-0.39, 0.29) is 12.6 Å². The maximum Gasteiger partial charge on any atom is 0.348 e. The van der Waals surface area contributed by atoms with Crippen molar-refractivity contribution in [2.24, 2.45) is 0 Å². The number of hydrogen-bond donors (Lipinski definition) is 0. The van der Waals surface area contributed by atoms with Crippen molar-refractivity contribution in [1.29, 1.82) is 0 Å². The van der Waals surface area contributed by atoms with Crippen LogP contribution in [-0.2, 0) is 11.3 Å². The van der Waals surface area contributed by atoms with Crippen LogP contribution in [-0.4, -0.2) is 30.0 Å². The summed E-state index contributed by atoms with van der Waals surface area (Å²) in [7, 11) is 3.90. The third-order valence-corrected chi connectivity index (χ3v) is 5.05. The summed E-state index contributed by atoms with van der Waals surface area (Å²) in [5, 5.41) is 0.935. The summed E-state index contributed by atoms with van der Waals surface area (Å²) in [6.07, 6.45) is 1.68. The van der Waals surface area contributed by atoms with Gasteiger partial charge < -0.3 is 9.64 Å². The van der Waals surface area contributed by atoms with Gasteiger partial charge in [-0.25, -0.2) is 9.78 Å². The molecular formula is C14H13N3O2S2. The van der Waals surface area contributed by atoms with Gasteiger partial charge in [0.1, 0.15) is 16.3 Å². The number of nitrogens with zero attached hydrogens (tertiary/aromatic N) is 3. The van der Waals surface area contributed by atoms with Gasteiger partial charge in [-0.15, -0.1) is 11.3 Å². The average molecular weight is 319 g/mol. The second kappa shape index (κ2) is 5.79. The smallest absolute Gasteiger partial charge is 0.348 e. The molecule has 108 valence electrons. The Morgan fingerprint density at radius 1 is 1.33 bits per heavy atom. The zero-order valence-electron chi connectivity index (χ0n) is 11.6. The summed E-state index contributed by atoms with van der Waals surface area (Å²) in [6.45, 7) is 0.182. The monoisotopic (exact) mass is 319 g/mol. The van der Waals surface area contributed by atoms with Gasteiger partial charge in [-0.05, 0) is 18.2 Å². The maximum absolute atomic E-state index is 12.0. The van der Waals surface area contributed by atoms with Gasteiger partial charge in [-0.2, -0.15) is 0 Å². The number of anilines is 1. The molecule has 0 aliphatic rings. The van der Waals surface area contributed by atoms with Gasteiger partial charge in [0.25, 0.3) is 0 Å². The number of thiophene rings is 1. The normalized spacial score (nSPS) is 10.8. The molecule has 0 radical (unpaired) electrons. The number of esters is 1. The highest BCUT2D eigenvalue weighted by Crippen LogP contribution is 2.34. The lowest BCUT2D eigenvalue weighted by Crippen LogP contribution is -2.07. The van der Waals surface area contributed by atoms with Gasteiger partial charge in [-0.3, -0.25) is 4.98 Å². The molecule has 0 N–H and O–H groups in total. The van der Waals surface area contributed by atoms with E-state index < -0.39 is 0 Å². The first-order valence-electron chi connectivity index (χ1n) is 6.28. The van der Waals surface area contributed by atoms with Gasteiger partial charge in [0.05, 0.1) is 10.4 Å². The number of ether oxygens (including phenoxy) is 1. The molecule has 3 aromatic rings. The quantitative estimate of drug-likeness (QED) is 0.691. The first-order chi connectivity index (χ1) is 10.1.